The Balaban J connectivity index is 1.89. The molecule has 3 aromatic rings. The van der Waals surface area contributed by atoms with Gasteiger partial charge >= 0.3 is 5.97 Å². The minimum atomic E-state index is -0.938. The van der Waals surface area contributed by atoms with Crippen molar-refractivity contribution >= 4 is 28.6 Å². The van der Waals surface area contributed by atoms with E-state index in [0.717, 1.165) is 33.9 Å². The lowest BCUT2D eigenvalue weighted by Gasteiger charge is -2.11. The SMILES string of the molecule is CCCCCc1ccc(Cn2c(C)nc3ccc(C(=O)O)cc32)c(Cl)c1. The third kappa shape index (κ3) is 3.91. The molecule has 3 rings (SSSR count). The van der Waals surface area contributed by atoms with Gasteiger partial charge in [0, 0.05) is 5.02 Å². The molecule has 0 aliphatic rings. The molecule has 136 valence electrons. The van der Waals surface area contributed by atoms with Crippen LogP contribution in [0.5, 0.6) is 0 Å². The molecule has 0 saturated heterocycles. The summed E-state index contributed by atoms with van der Waals surface area (Å²) in [6, 6.07) is 11.2. The summed E-state index contributed by atoms with van der Waals surface area (Å²) >= 11 is 6.52. The fourth-order valence-corrected chi connectivity index (χ4v) is 3.46. The van der Waals surface area contributed by atoms with Crippen LogP contribution in [0.15, 0.2) is 36.4 Å². The van der Waals surface area contributed by atoms with E-state index in [-0.39, 0.29) is 5.56 Å². The molecule has 1 aromatic heterocycles. The topological polar surface area (TPSA) is 55.1 Å². The minimum absolute atomic E-state index is 0.260. The van der Waals surface area contributed by atoms with Gasteiger partial charge in [-0.25, -0.2) is 9.78 Å². The van der Waals surface area contributed by atoms with Crippen molar-refractivity contribution in [2.45, 2.75) is 46.1 Å². The van der Waals surface area contributed by atoms with Crippen molar-refractivity contribution in [3.05, 3.63) is 63.9 Å². The molecule has 4 nitrogen and oxygen atoms in total. The zero-order valence-corrected chi connectivity index (χ0v) is 15.9. The van der Waals surface area contributed by atoms with Gasteiger partial charge in [0.2, 0.25) is 0 Å². The van der Waals surface area contributed by atoms with Crippen LogP contribution in [0.4, 0.5) is 0 Å². The van der Waals surface area contributed by atoms with Gasteiger partial charge in [-0.05, 0) is 55.2 Å². The zero-order valence-electron chi connectivity index (χ0n) is 15.1. The van der Waals surface area contributed by atoms with Crippen molar-refractivity contribution in [3.8, 4) is 0 Å². The normalized spacial score (nSPS) is 11.2. The lowest BCUT2D eigenvalue weighted by molar-refractivity contribution is 0.0697. The molecule has 2 aromatic carbocycles. The number of hydrogen-bond acceptors (Lipinski definition) is 2. The first-order valence-corrected chi connectivity index (χ1v) is 9.35. The van der Waals surface area contributed by atoms with Gasteiger partial charge in [0.1, 0.15) is 5.82 Å². The van der Waals surface area contributed by atoms with Crippen molar-refractivity contribution in [1.29, 1.82) is 0 Å². The first-order chi connectivity index (χ1) is 12.5. The number of rotatable bonds is 7. The van der Waals surface area contributed by atoms with Gasteiger partial charge < -0.3 is 9.67 Å². The largest absolute Gasteiger partial charge is 0.478 e. The number of hydrogen-bond donors (Lipinski definition) is 1. The van der Waals surface area contributed by atoms with E-state index in [4.69, 9.17) is 11.6 Å². The van der Waals surface area contributed by atoms with Gasteiger partial charge in [0.15, 0.2) is 0 Å². The zero-order chi connectivity index (χ0) is 18.7. The fraction of sp³-hybridized carbons (Fsp3) is 0.333. The van der Waals surface area contributed by atoms with Crippen LogP contribution in [-0.4, -0.2) is 20.6 Å². The molecule has 0 fully saturated rings. The van der Waals surface area contributed by atoms with Crippen molar-refractivity contribution in [2.75, 3.05) is 0 Å². The van der Waals surface area contributed by atoms with Gasteiger partial charge in [0.25, 0.3) is 0 Å². The molecule has 0 aliphatic heterocycles. The average Bonchev–Trinajstić information content (AvgIpc) is 2.92. The third-order valence-electron chi connectivity index (χ3n) is 4.70. The summed E-state index contributed by atoms with van der Waals surface area (Å²) in [4.78, 5) is 15.8. The van der Waals surface area contributed by atoms with Gasteiger partial charge in [-0.2, -0.15) is 0 Å². The number of aromatic carboxylic acids is 1. The van der Waals surface area contributed by atoms with Crippen molar-refractivity contribution in [2.24, 2.45) is 0 Å². The molecular weight excluding hydrogens is 348 g/mol. The maximum Gasteiger partial charge on any atom is 0.335 e. The maximum atomic E-state index is 11.3. The summed E-state index contributed by atoms with van der Waals surface area (Å²) in [6.45, 7) is 4.69. The van der Waals surface area contributed by atoms with E-state index in [2.05, 4.69) is 24.0 Å². The van der Waals surface area contributed by atoms with E-state index >= 15 is 0 Å². The number of nitrogens with zero attached hydrogens (tertiary/aromatic N) is 2. The molecular formula is C21H23ClN2O2. The average molecular weight is 371 g/mol. The van der Waals surface area contributed by atoms with E-state index in [1.54, 1.807) is 18.2 Å². The summed E-state index contributed by atoms with van der Waals surface area (Å²) in [5, 5.41) is 9.99. The summed E-state index contributed by atoms with van der Waals surface area (Å²) in [7, 11) is 0. The molecule has 0 unspecified atom stereocenters. The van der Waals surface area contributed by atoms with Crippen LogP contribution in [-0.2, 0) is 13.0 Å². The van der Waals surface area contributed by atoms with Crippen LogP contribution >= 0.6 is 11.6 Å². The Morgan fingerprint density at radius 2 is 2.00 bits per heavy atom. The molecule has 0 saturated carbocycles. The second-order valence-electron chi connectivity index (χ2n) is 6.64. The highest BCUT2D eigenvalue weighted by Crippen LogP contribution is 2.24. The van der Waals surface area contributed by atoms with Crippen LogP contribution < -0.4 is 0 Å². The summed E-state index contributed by atoms with van der Waals surface area (Å²) in [5.74, 6) is -0.0996. The second kappa shape index (κ2) is 7.92. The number of benzene rings is 2. The molecule has 5 heteroatoms. The number of aromatic nitrogens is 2. The molecule has 0 spiro atoms. The Kier molecular flexibility index (Phi) is 5.62. The lowest BCUT2D eigenvalue weighted by atomic mass is 10.1. The highest BCUT2D eigenvalue weighted by atomic mass is 35.5. The van der Waals surface area contributed by atoms with Gasteiger partial charge in [-0.3, -0.25) is 0 Å². The Hall–Kier alpha value is -2.33. The number of fused-ring (bicyclic) bond motifs is 1. The predicted molar refractivity (Wildman–Crippen MR) is 105 cm³/mol. The highest BCUT2D eigenvalue weighted by molar-refractivity contribution is 6.31. The summed E-state index contributed by atoms with van der Waals surface area (Å²) < 4.78 is 2.01. The molecule has 0 bridgehead atoms. The van der Waals surface area contributed by atoms with Crippen molar-refractivity contribution in [3.63, 3.8) is 0 Å². The first-order valence-electron chi connectivity index (χ1n) is 8.97. The molecule has 0 aliphatic carbocycles. The van der Waals surface area contributed by atoms with Crippen LogP contribution in [0, 0.1) is 6.92 Å². The van der Waals surface area contributed by atoms with Crippen molar-refractivity contribution < 1.29 is 9.90 Å². The Labute approximate surface area is 158 Å². The van der Waals surface area contributed by atoms with Crippen molar-refractivity contribution in [1.82, 2.24) is 9.55 Å². The van der Waals surface area contributed by atoms with Crippen LogP contribution in [0.1, 0.15) is 53.5 Å². The lowest BCUT2D eigenvalue weighted by Crippen LogP contribution is -2.04. The predicted octanol–water partition coefficient (Wildman–Crippen LogP) is 5.48. The number of aryl methyl sites for hydroxylation is 2. The smallest absolute Gasteiger partial charge is 0.335 e. The number of imidazole rings is 1. The van der Waals surface area contributed by atoms with Gasteiger partial charge in [-0.15, -0.1) is 0 Å². The number of carboxylic acid groups (broad SMARTS) is 1. The van der Waals surface area contributed by atoms with Crippen LogP contribution in [0.2, 0.25) is 5.02 Å². The molecule has 1 heterocycles. The van der Waals surface area contributed by atoms with Gasteiger partial charge in [0.05, 0.1) is 23.1 Å². The van der Waals surface area contributed by atoms with E-state index < -0.39 is 5.97 Å². The standard InChI is InChI=1S/C21H23ClN2O2/c1-3-4-5-6-15-7-8-17(18(22)11-15)13-24-14(2)23-19-10-9-16(21(25)26)12-20(19)24/h7-12H,3-6,13H2,1-2H3,(H,25,26). The van der Waals surface area contributed by atoms with E-state index in [1.165, 1.54) is 24.8 Å². The fourth-order valence-electron chi connectivity index (χ4n) is 3.20. The molecule has 0 atom stereocenters. The van der Waals surface area contributed by atoms with E-state index in [1.807, 2.05) is 17.6 Å². The number of unbranched alkanes of at least 4 members (excludes halogenated alkanes) is 2. The van der Waals surface area contributed by atoms with E-state index in [9.17, 15) is 9.90 Å². The molecule has 0 amide bonds. The second-order valence-corrected chi connectivity index (χ2v) is 7.04. The third-order valence-corrected chi connectivity index (χ3v) is 5.05. The Morgan fingerprint density at radius 3 is 2.69 bits per heavy atom. The minimum Gasteiger partial charge on any atom is -0.478 e. The summed E-state index contributed by atoms with van der Waals surface area (Å²) in [6.07, 6.45) is 4.65. The highest BCUT2D eigenvalue weighted by Gasteiger charge is 2.13. The Bertz CT molecular complexity index is 947. The molecule has 0 radical (unpaired) electrons. The quantitative estimate of drug-likeness (QED) is 0.560. The summed E-state index contributed by atoms with van der Waals surface area (Å²) in [5.41, 5.74) is 4.13. The molecule has 26 heavy (non-hydrogen) atoms. The first kappa shape index (κ1) is 18.5. The van der Waals surface area contributed by atoms with Gasteiger partial charge in [-0.1, -0.05) is 43.5 Å². The number of halogens is 1. The van der Waals surface area contributed by atoms with Crippen LogP contribution in [0.25, 0.3) is 11.0 Å². The molecule has 1 N–H and O–H groups in total. The maximum absolute atomic E-state index is 11.3. The number of carboxylic acids is 1. The van der Waals surface area contributed by atoms with E-state index in [0.29, 0.717) is 6.54 Å². The Morgan fingerprint density at radius 1 is 1.19 bits per heavy atom. The monoisotopic (exact) mass is 370 g/mol. The van der Waals surface area contributed by atoms with Crippen LogP contribution in [0.3, 0.4) is 0 Å². The number of carbonyl (C=O) groups is 1.